The highest BCUT2D eigenvalue weighted by Gasteiger charge is 2.29. The van der Waals surface area contributed by atoms with Crippen molar-refractivity contribution in [3.05, 3.63) is 24.3 Å². The molecule has 1 aliphatic rings. The summed E-state index contributed by atoms with van der Waals surface area (Å²) in [7, 11) is -3.68. The summed E-state index contributed by atoms with van der Waals surface area (Å²) >= 11 is 0. The molecule has 0 bridgehead atoms. The molecule has 24 heavy (non-hydrogen) atoms. The van der Waals surface area contributed by atoms with Gasteiger partial charge in [0.05, 0.1) is 4.90 Å². The lowest BCUT2D eigenvalue weighted by molar-refractivity contribution is -0.144. The molecule has 7 nitrogen and oxygen atoms in total. The third kappa shape index (κ3) is 4.68. The van der Waals surface area contributed by atoms with Gasteiger partial charge in [-0.25, -0.2) is 13.6 Å². The second-order valence-electron chi connectivity index (χ2n) is 6.55. The van der Waals surface area contributed by atoms with Gasteiger partial charge in [-0.2, -0.15) is 0 Å². The minimum absolute atomic E-state index is 0.0905. The fraction of sp³-hybridized carbons (Fsp3) is 0.562. The van der Waals surface area contributed by atoms with Gasteiger partial charge in [0.25, 0.3) is 0 Å². The second-order valence-corrected chi connectivity index (χ2v) is 8.11. The number of rotatable bonds is 6. The van der Waals surface area contributed by atoms with Gasteiger partial charge in [-0.15, -0.1) is 0 Å². The number of anilines is 1. The number of aliphatic carboxylic acids is 1. The zero-order valence-corrected chi connectivity index (χ0v) is 14.9. The normalized spacial score (nSPS) is 17.9. The molecule has 8 heteroatoms. The standard InChI is InChI=1S/C16H25N3O4S/c1-12(2)11-15(16(20)21)19-9-7-18(8-10-19)13-3-5-14(6-4-13)24(17,22)23/h3-6,12,15H,7-11H2,1-2H3,(H,20,21)(H2,17,22,23). The van der Waals surface area contributed by atoms with Crippen LogP contribution in [0.5, 0.6) is 0 Å². The summed E-state index contributed by atoms with van der Waals surface area (Å²) in [6, 6.07) is 6.01. The van der Waals surface area contributed by atoms with Gasteiger partial charge in [0.2, 0.25) is 10.0 Å². The second kappa shape index (κ2) is 7.50. The SMILES string of the molecule is CC(C)CC(C(=O)O)N1CCN(c2ccc(S(N)(=O)=O)cc2)CC1. The molecule has 0 saturated carbocycles. The molecule has 1 aromatic rings. The summed E-state index contributed by atoms with van der Waals surface area (Å²) in [5, 5.41) is 14.5. The Balaban J connectivity index is 2.00. The van der Waals surface area contributed by atoms with Crippen LogP contribution in [-0.4, -0.2) is 56.6 Å². The summed E-state index contributed by atoms with van der Waals surface area (Å²) < 4.78 is 22.6. The van der Waals surface area contributed by atoms with Gasteiger partial charge in [0, 0.05) is 31.9 Å². The topological polar surface area (TPSA) is 104 Å². The molecular weight excluding hydrogens is 330 g/mol. The van der Waals surface area contributed by atoms with Crippen LogP contribution in [0.2, 0.25) is 0 Å². The maximum absolute atomic E-state index is 11.5. The summed E-state index contributed by atoms with van der Waals surface area (Å²) in [6.07, 6.45) is 0.637. The zero-order valence-electron chi connectivity index (χ0n) is 14.1. The molecule has 0 aliphatic carbocycles. The Labute approximate surface area is 143 Å². The summed E-state index contributed by atoms with van der Waals surface area (Å²) in [5.74, 6) is -0.440. The number of hydrogen-bond donors (Lipinski definition) is 2. The maximum atomic E-state index is 11.5. The van der Waals surface area contributed by atoms with Crippen LogP contribution in [0, 0.1) is 5.92 Å². The van der Waals surface area contributed by atoms with E-state index in [1.165, 1.54) is 12.1 Å². The first-order valence-corrected chi connectivity index (χ1v) is 9.58. The van der Waals surface area contributed by atoms with Crippen LogP contribution in [0.3, 0.4) is 0 Å². The van der Waals surface area contributed by atoms with Gasteiger partial charge in [-0.1, -0.05) is 13.8 Å². The van der Waals surface area contributed by atoms with Crippen molar-refractivity contribution >= 4 is 21.7 Å². The van der Waals surface area contributed by atoms with Crippen LogP contribution in [0.15, 0.2) is 29.2 Å². The monoisotopic (exact) mass is 355 g/mol. The Hall–Kier alpha value is -1.64. The van der Waals surface area contributed by atoms with Crippen molar-refractivity contribution in [1.29, 1.82) is 0 Å². The Morgan fingerprint density at radius 2 is 1.71 bits per heavy atom. The van der Waals surface area contributed by atoms with E-state index in [1.807, 2.05) is 18.7 Å². The Bertz CT molecular complexity index is 665. The fourth-order valence-corrected chi connectivity index (χ4v) is 3.51. The van der Waals surface area contributed by atoms with Crippen molar-refractivity contribution in [1.82, 2.24) is 4.90 Å². The van der Waals surface area contributed by atoms with Gasteiger partial charge >= 0.3 is 5.97 Å². The van der Waals surface area contributed by atoms with Crippen molar-refractivity contribution in [2.45, 2.75) is 31.2 Å². The van der Waals surface area contributed by atoms with Gasteiger partial charge in [0.1, 0.15) is 6.04 Å². The summed E-state index contributed by atoms with van der Waals surface area (Å²) in [6.45, 7) is 6.80. The summed E-state index contributed by atoms with van der Waals surface area (Å²) in [5.41, 5.74) is 0.915. The predicted octanol–water partition coefficient (Wildman–Crippen LogP) is 0.955. The number of piperazine rings is 1. The molecule has 134 valence electrons. The number of primary sulfonamides is 1. The quantitative estimate of drug-likeness (QED) is 0.787. The van der Waals surface area contributed by atoms with Gasteiger partial charge < -0.3 is 10.0 Å². The van der Waals surface area contributed by atoms with E-state index in [0.29, 0.717) is 38.5 Å². The number of benzene rings is 1. The molecule has 1 aliphatic heterocycles. The van der Waals surface area contributed by atoms with Crippen LogP contribution in [0.1, 0.15) is 20.3 Å². The van der Waals surface area contributed by atoms with Crippen molar-refractivity contribution < 1.29 is 18.3 Å². The number of nitrogens with zero attached hydrogens (tertiary/aromatic N) is 2. The number of carboxylic acid groups (broad SMARTS) is 1. The minimum atomic E-state index is -3.68. The third-order valence-corrected chi connectivity index (χ3v) is 5.19. The van der Waals surface area contributed by atoms with E-state index in [2.05, 4.69) is 4.90 Å². The summed E-state index contributed by atoms with van der Waals surface area (Å²) in [4.78, 5) is 15.7. The highest BCUT2D eigenvalue weighted by Crippen LogP contribution is 2.21. The van der Waals surface area contributed by atoms with E-state index >= 15 is 0 Å². The molecule has 0 aromatic heterocycles. The average Bonchev–Trinajstić information content (AvgIpc) is 2.52. The third-order valence-electron chi connectivity index (χ3n) is 4.27. The molecule has 3 N–H and O–H groups in total. The molecule has 0 radical (unpaired) electrons. The van der Waals surface area contributed by atoms with E-state index < -0.39 is 22.0 Å². The Kier molecular flexibility index (Phi) is 5.84. The van der Waals surface area contributed by atoms with E-state index in [9.17, 15) is 18.3 Å². The van der Waals surface area contributed by atoms with Gasteiger partial charge in [-0.3, -0.25) is 9.69 Å². The highest BCUT2D eigenvalue weighted by molar-refractivity contribution is 7.89. The number of sulfonamides is 1. The molecular formula is C16H25N3O4S. The van der Waals surface area contributed by atoms with Crippen molar-refractivity contribution in [3.63, 3.8) is 0 Å². The van der Waals surface area contributed by atoms with Crippen LogP contribution in [-0.2, 0) is 14.8 Å². The minimum Gasteiger partial charge on any atom is -0.480 e. The van der Waals surface area contributed by atoms with Crippen LogP contribution in [0.25, 0.3) is 0 Å². The van der Waals surface area contributed by atoms with Crippen LogP contribution < -0.4 is 10.0 Å². The number of carboxylic acids is 1. The molecule has 0 spiro atoms. The zero-order chi connectivity index (χ0) is 17.9. The lowest BCUT2D eigenvalue weighted by atomic mass is 10.0. The highest BCUT2D eigenvalue weighted by atomic mass is 32.2. The predicted molar refractivity (Wildman–Crippen MR) is 92.5 cm³/mol. The number of carbonyl (C=O) groups is 1. The first-order valence-electron chi connectivity index (χ1n) is 8.03. The fourth-order valence-electron chi connectivity index (χ4n) is 2.99. The van der Waals surface area contributed by atoms with Crippen molar-refractivity contribution in [3.8, 4) is 0 Å². The first kappa shape index (κ1) is 18.7. The van der Waals surface area contributed by atoms with Crippen molar-refractivity contribution in [2.75, 3.05) is 31.1 Å². The molecule has 1 heterocycles. The molecule has 1 aromatic carbocycles. The lowest BCUT2D eigenvalue weighted by Crippen LogP contribution is -2.53. The van der Waals surface area contributed by atoms with Gasteiger partial charge in [-0.05, 0) is 36.6 Å². The van der Waals surface area contributed by atoms with E-state index in [1.54, 1.807) is 12.1 Å². The van der Waals surface area contributed by atoms with Crippen LogP contribution in [0.4, 0.5) is 5.69 Å². The Morgan fingerprint density at radius 1 is 1.17 bits per heavy atom. The first-order chi connectivity index (χ1) is 11.2. The number of hydrogen-bond acceptors (Lipinski definition) is 5. The van der Waals surface area contributed by atoms with E-state index in [-0.39, 0.29) is 4.90 Å². The van der Waals surface area contributed by atoms with Crippen molar-refractivity contribution in [2.24, 2.45) is 11.1 Å². The van der Waals surface area contributed by atoms with Gasteiger partial charge in [0.15, 0.2) is 0 Å². The molecule has 1 atom stereocenters. The Morgan fingerprint density at radius 3 is 2.12 bits per heavy atom. The average molecular weight is 355 g/mol. The van der Waals surface area contributed by atoms with Crippen LogP contribution >= 0.6 is 0 Å². The smallest absolute Gasteiger partial charge is 0.320 e. The largest absolute Gasteiger partial charge is 0.480 e. The number of nitrogens with two attached hydrogens (primary N) is 1. The molecule has 0 amide bonds. The molecule has 2 rings (SSSR count). The van der Waals surface area contributed by atoms with E-state index in [4.69, 9.17) is 5.14 Å². The van der Waals surface area contributed by atoms with E-state index in [0.717, 1.165) is 5.69 Å². The molecule has 1 fully saturated rings. The maximum Gasteiger partial charge on any atom is 0.320 e. The lowest BCUT2D eigenvalue weighted by Gasteiger charge is -2.39. The molecule has 1 saturated heterocycles. The molecule has 1 unspecified atom stereocenters.